The molecule has 4 rings (SSSR count). The summed E-state index contributed by atoms with van der Waals surface area (Å²) in [7, 11) is 0. The molecule has 0 bridgehead atoms. The third-order valence-electron chi connectivity index (χ3n) is 5.12. The minimum atomic E-state index is 0.0500. The molecule has 0 aromatic carbocycles. The zero-order valence-electron chi connectivity index (χ0n) is 13.6. The predicted octanol–water partition coefficient (Wildman–Crippen LogP) is 2.22. The lowest BCUT2D eigenvalue weighted by Crippen LogP contribution is -2.34. The zero-order valence-corrected chi connectivity index (χ0v) is 13.6. The lowest BCUT2D eigenvalue weighted by Gasteiger charge is -2.22. The van der Waals surface area contributed by atoms with E-state index in [1.54, 1.807) is 0 Å². The van der Waals surface area contributed by atoms with E-state index in [-0.39, 0.29) is 11.9 Å². The number of nitrogens with zero attached hydrogens (tertiary/aromatic N) is 3. The number of aryl methyl sites for hydroxylation is 1. The van der Waals surface area contributed by atoms with Crippen LogP contribution < -0.4 is 5.73 Å². The summed E-state index contributed by atoms with van der Waals surface area (Å²) in [5, 5.41) is 4.76. The minimum Gasteiger partial charge on any atom is -0.336 e. The van der Waals surface area contributed by atoms with Crippen LogP contribution in [0.1, 0.15) is 53.8 Å². The fourth-order valence-corrected chi connectivity index (χ4v) is 3.62. The molecule has 1 aliphatic carbocycles. The molecule has 1 amide bonds. The average Bonchev–Trinajstić information content (AvgIpc) is 3.24. The molecule has 23 heavy (non-hydrogen) atoms. The molecule has 1 saturated carbocycles. The van der Waals surface area contributed by atoms with Crippen LogP contribution in [0.15, 0.2) is 10.6 Å². The number of aromatic nitrogens is 2. The Labute approximate surface area is 135 Å². The Kier molecular flexibility index (Phi) is 3.37. The van der Waals surface area contributed by atoms with Gasteiger partial charge in [0.25, 0.3) is 11.6 Å². The summed E-state index contributed by atoms with van der Waals surface area (Å²) in [6.07, 6.45) is 3.23. The van der Waals surface area contributed by atoms with Crippen molar-refractivity contribution in [3.8, 4) is 0 Å². The summed E-state index contributed by atoms with van der Waals surface area (Å²) in [5.74, 6) is 0.899. The van der Waals surface area contributed by atoms with Gasteiger partial charge in [-0.05, 0) is 51.6 Å². The van der Waals surface area contributed by atoms with Crippen molar-refractivity contribution in [3.63, 3.8) is 0 Å². The number of pyridine rings is 1. The van der Waals surface area contributed by atoms with Crippen molar-refractivity contribution in [3.05, 3.63) is 23.0 Å². The number of carbonyl (C=O) groups is 1. The molecule has 6 nitrogen and oxygen atoms in total. The molecule has 2 aromatic rings. The summed E-state index contributed by atoms with van der Waals surface area (Å²) in [5.41, 5.74) is 8.64. The molecule has 2 N–H and O–H groups in total. The van der Waals surface area contributed by atoms with Gasteiger partial charge in [-0.3, -0.25) is 4.79 Å². The third-order valence-corrected chi connectivity index (χ3v) is 5.12. The van der Waals surface area contributed by atoms with Gasteiger partial charge in [-0.25, -0.2) is 4.98 Å². The van der Waals surface area contributed by atoms with Gasteiger partial charge in [0.1, 0.15) is 0 Å². The highest BCUT2D eigenvalue weighted by atomic mass is 16.5. The summed E-state index contributed by atoms with van der Waals surface area (Å²) >= 11 is 0. The molecule has 2 atom stereocenters. The van der Waals surface area contributed by atoms with Gasteiger partial charge in [0, 0.05) is 24.2 Å². The van der Waals surface area contributed by atoms with Gasteiger partial charge >= 0.3 is 0 Å². The number of hydrogen-bond donors (Lipinski definition) is 1. The molecule has 1 aliphatic heterocycles. The quantitative estimate of drug-likeness (QED) is 0.939. The molecule has 2 unspecified atom stereocenters. The third kappa shape index (κ3) is 2.41. The fraction of sp³-hybridized carbons (Fsp3) is 0.588. The van der Waals surface area contributed by atoms with Crippen molar-refractivity contribution in [2.75, 3.05) is 13.1 Å². The monoisotopic (exact) mass is 314 g/mol. The van der Waals surface area contributed by atoms with Crippen LogP contribution in [0.2, 0.25) is 0 Å². The van der Waals surface area contributed by atoms with E-state index in [9.17, 15) is 4.79 Å². The molecule has 1 saturated heterocycles. The largest absolute Gasteiger partial charge is 0.336 e. The second-order valence-corrected chi connectivity index (χ2v) is 6.96. The van der Waals surface area contributed by atoms with Crippen molar-refractivity contribution in [1.29, 1.82) is 0 Å². The fourth-order valence-electron chi connectivity index (χ4n) is 3.62. The minimum absolute atomic E-state index is 0.0500. The van der Waals surface area contributed by atoms with E-state index in [0.717, 1.165) is 42.6 Å². The van der Waals surface area contributed by atoms with E-state index < -0.39 is 0 Å². The van der Waals surface area contributed by atoms with Crippen LogP contribution in [-0.4, -0.2) is 40.1 Å². The molecule has 6 heteroatoms. The highest BCUT2D eigenvalue weighted by Crippen LogP contribution is 2.41. The Bertz CT molecular complexity index is 765. The first-order valence-corrected chi connectivity index (χ1v) is 8.36. The molecule has 0 radical (unpaired) electrons. The molecular formula is C17H22N4O2. The van der Waals surface area contributed by atoms with Crippen LogP contribution >= 0.6 is 0 Å². The van der Waals surface area contributed by atoms with Gasteiger partial charge in [0.15, 0.2) is 0 Å². The lowest BCUT2D eigenvalue weighted by atomic mass is 10.1. The van der Waals surface area contributed by atoms with Crippen molar-refractivity contribution in [2.45, 2.75) is 45.1 Å². The molecule has 122 valence electrons. The number of hydrogen-bond acceptors (Lipinski definition) is 5. The molecule has 3 heterocycles. The second kappa shape index (κ2) is 5.30. The van der Waals surface area contributed by atoms with Gasteiger partial charge in [0.2, 0.25) is 0 Å². The SMILES string of the molecule is Cc1noc2nc(C3CC3)cc(C(=O)N3CC(CN)CC3C)c12. The van der Waals surface area contributed by atoms with E-state index in [0.29, 0.717) is 29.7 Å². The van der Waals surface area contributed by atoms with E-state index in [1.807, 2.05) is 17.9 Å². The maximum Gasteiger partial charge on any atom is 0.259 e. The Hall–Kier alpha value is -1.95. The standard InChI is InChI=1S/C17H22N4O2/c1-9-5-11(7-18)8-21(9)17(22)13-6-14(12-3-4-12)19-16-15(13)10(2)20-23-16/h6,9,11-12H,3-5,7-8,18H2,1-2H3. The average molecular weight is 314 g/mol. The number of fused-ring (bicyclic) bond motifs is 1. The van der Waals surface area contributed by atoms with E-state index in [4.69, 9.17) is 10.3 Å². The normalized spacial score (nSPS) is 24.6. The van der Waals surface area contributed by atoms with Crippen LogP contribution in [0.5, 0.6) is 0 Å². The Morgan fingerprint density at radius 2 is 2.26 bits per heavy atom. The number of amides is 1. The number of nitrogens with two attached hydrogens (primary N) is 1. The first kappa shape index (κ1) is 14.6. The zero-order chi connectivity index (χ0) is 16.1. The second-order valence-electron chi connectivity index (χ2n) is 6.96. The maximum atomic E-state index is 13.2. The number of likely N-dealkylation sites (tertiary alicyclic amines) is 1. The molecular weight excluding hydrogens is 292 g/mol. The molecule has 2 fully saturated rings. The van der Waals surface area contributed by atoms with Crippen LogP contribution in [0, 0.1) is 12.8 Å². The Morgan fingerprint density at radius 1 is 1.48 bits per heavy atom. The maximum absolute atomic E-state index is 13.2. The van der Waals surface area contributed by atoms with Crippen molar-refractivity contribution in [1.82, 2.24) is 15.0 Å². The van der Waals surface area contributed by atoms with E-state index >= 15 is 0 Å². The van der Waals surface area contributed by atoms with Crippen molar-refractivity contribution < 1.29 is 9.32 Å². The first-order chi connectivity index (χ1) is 11.1. The Balaban J connectivity index is 1.77. The van der Waals surface area contributed by atoms with Crippen LogP contribution in [-0.2, 0) is 0 Å². The van der Waals surface area contributed by atoms with Crippen LogP contribution in [0.3, 0.4) is 0 Å². The van der Waals surface area contributed by atoms with Gasteiger partial charge in [-0.15, -0.1) is 0 Å². The van der Waals surface area contributed by atoms with E-state index in [2.05, 4.69) is 17.1 Å². The summed E-state index contributed by atoms with van der Waals surface area (Å²) in [4.78, 5) is 19.7. The molecule has 0 spiro atoms. The van der Waals surface area contributed by atoms with Gasteiger partial charge < -0.3 is 15.2 Å². The first-order valence-electron chi connectivity index (χ1n) is 8.36. The molecule has 2 aliphatic rings. The van der Waals surface area contributed by atoms with Crippen LogP contribution in [0.25, 0.3) is 11.1 Å². The van der Waals surface area contributed by atoms with E-state index in [1.165, 1.54) is 0 Å². The van der Waals surface area contributed by atoms with Gasteiger partial charge in [0.05, 0.1) is 16.6 Å². The van der Waals surface area contributed by atoms with Crippen molar-refractivity contribution in [2.24, 2.45) is 11.7 Å². The highest BCUT2D eigenvalue weighted by molar-refractivity contribution is 6.06. The number of rotatable bonds is 3. The van der Waals surface area contributed by atoms with Crippen LogP contribution in [0.4, 0.5) is 0 Å². The topological polar surface area (TPSA) is 85.2 Å². The van der Waals surface area contributed by atoms with Crippen molar-refractivity contribution >= 4 is 17.0 Å². The smallest absolute Gasteiger partial charge is 0.259 e. The predicted molar refractivity (Wildman–Crippen MR) is 86.2 cm³/mol. The summed E-state index contributed by atoms with van der Waals surface area (Å²) in [6, 6.07) is 2.17. The lowest BCUT2D eigenvalue weighted by molar-refractivity contribution is 0.0745. The highest BCUT2D eigenvalue weighted by Gasteiger charge is 2.35. The Morgan fingerprint density at radius 3 is 2.91 bits per heavy atom. The van der Waals surface area contributed by atoms with Gasteiger partial charge in [-0.1, -0.05) is 5.16 Å². The molecule has 2 aromatic heterocycles. The summed E-state index contributed by atoms with van der Waals surface area (Å²) < 4.78 is 5.34. The number of carbonyl (C=O) groups excluding carboxylic acids is 1. The van der Waals surface area contributed by atoms with Gasteiger partial charge in [-0.2, -0.15) is 0 Å². The summed E-state index contributed by atoms with van der Waals surface area (Å²) in [6.45, 7) is 5.30.